The molecule has 21 heavy (non-hydrogen) atoms. The Hall–Kier alpha value is -1.49. The summed E-state index contributed by atoms with van der Waals surface area (Å²) in [6, 6.07) is 6.30. The lowest BCUT2D eigenvalue weighted by Gasteiger charge is -2.28. The highest BCUT2D eigenvalue weighted by Gasteiger charge is 2.34. The number of benzene rings is 1. The zero-order valence-electron chi connectivity index (χ0n) is 12.4. The number of aryl methyl sites for hydroxylation is 1. The number of hydrogen-bond acceptors (Lipinski definition) is 3. The van der Waals surface area contributed by atoms with Crippen LogP contribution in [0.25, 0.3) is 11.0 Å². The van der Waals surface area contributed by atoms with Crippen LogP contribution in [-0.4, -0.2) is 26.4 Å². The number of fused-ring (bicyclic) bond motifs is 1. The van der Waals surface area contributed by atoms with E-state index in [0.29, 0.717) is 0 Å². The lowest BCUT2D eigenvalue weighted by molar-refractivity contribution is -0.133. The van der Waals surface area contributed by atoms with Gasteiger partial charge in [-0.1, -0.05) is 30.7 Å². The third-order valence-corrected chi connectivity index (χ3v) is 5.25. The van der Waals surface area contributed by atoms with Crippen LogP contribution in [-0.2, 0) is 10.3 Å². The number of aromatic nitrogens is 2. The van der Waals surface area contributed by atoms with Crippen molar-refractivity contribution < 1.29 is 9.90 Å². The maximum absolute atomic E-state index is 10.9. The standard InChI is InChI=1S/C16H20N2O2S/c1-11-5-6-13-12(9-11)17-15(21-10-14(19)20)18(13)16(2)7-3-4-8-16/h5-6,9H,3-4,7-8,10H2,1-2H3,(H,19,20). The number of carboxylic acids is 1. The average molecular weight is 304 g/mol. The first-order chi connectivity index (χ1) is 9.99. The lowest BCUT2D eigenvalue weighted by atomic mass is 10.00. The third-order valence-electron chi connectivity index (χ3n) is 4.32. The van der Waals surface area contributed by atoms with Crippen molar-refractivity contribution in [3.63, 3.8) is 0 Å². The van der Waals surface area contributed by atoms with Gasteiger partial charge in [-0.15, -0.1) is 0 Å². The van der Waals surface area contributed by atoms with Gasteiger partial charge in [-0.2, -0.15) is 0 Å². The summed E-state index contributed by atoms with van der Waals surface area (Å²) >= 11 is 1.32. The lowest BCUT2D eigenvalue weighted by Crippen LogP contribution is -2.27. The molecule has 1 saturated carbocycles. The molecule has 4 nitrogen and oxygen atoms in total. The van der Waals surface area contributed by atoms with Crippen LogP contribution < -0.4 is 0 Å². The fraction of sp³-hybridized carbons (Fsp3) is 0.500. The second-order valence-corrected chi connectivity index (χ2v) is 7.05. The van der Waals surface area contributed by atoms with Crippen LogP contribution in [0, 0.1) is 6.92 Å². The summed E-state index contributed by atoms with van der Waals surface area (Å²) in [6.07, 6.45) is 4.72. The van der Waals surface area contributed by atoms with Gasteiger partial charge in [-0.05, 0) is 44.4 Å². The van der Waals surface area contributed by atoms with Gasteiger partial charge in [0, 0.05) is 5.54 Å². The molecule has 5 heteroatoms. The Morgan fingerprint density at radius 1 is 1.43 bits per heavy atom. The van der Waals surface area contributed by atoms with Crippen molar-refractivity contribution in [2.45, 2.75) is 50.2 Å². The van der Waals surface area contributed by atoms with E-state index in [0.717, 1.165) is 29.0 Å². The molecular weight excluding hydrogens is 284 g/mol. The SMILES string of the molecule is Cc1ccc2c(c1)nc(SCC(=O)O)n2C1(C)CCCC1. The first kappa shape index (κ1) is 14.4. The van der Waals surface area contributed by atoms with Gasteiger partial charge in [0.2, 0.25) is 0 Å². The Balaban J connectivity index is 2.13. The van der Waals surface area contributed by atoms with Gasteiger partial charge >= 0.3 is 5.97 Å². The summed E-state index contributed by atoms with van der Waals surface area (Å²) in [6.45, 7) is 4.33. The molecule has 1 aliphatic carbocycles. The summed E-state index contributed by atoms with van der Waals surface area (Å²) in [5, 5.41) is 9.79. The topological polar surface area (TPSA) is 55.1 Å². The van der Waals surface area contributed by atoms with E-state index < -0.39 is 5.97 Å². The van der Waals surface area contributed by atoms with Gasteiger partial charge in [-0.25, -0.2) is 4.98 Å². The minimum absolute atomic E-state index is 0.0540. The number of imidazole rings is 1. The van der Waals surface area contributed by atoms with Crippen molar-refractivity contribution in [2.24, 2.45) is 0 Å². The summed E-state index contributed by atoms with van der Waals surface area (Å²) in [5.41, 5.74) is 3.33. The fourth-order valence-electron chi connectivity index (χ4n) is 3.27. The molecule has 0 unspecified atom stereocenters. The van der Waals surface area contributed by atoms with Crippen LogP contribution in [0.3, 0.4) is 0 Å². The zero-order chi connectivity index (χ0) is 15.0. The van der Waals surface area contributed by atoms with Crippen molar-refractivity contribution in [1.29, 1.82) is 0 Å². The molecule has 0 bridgehead atoms. The van der Waals surface area contributed by atoms with Crippen molar-refractivity contribution in [3.05, 3.63) is 23.8 Å². The molecule has 1 aromatic carbocycles. The first-order valence-electron chi connectivity index (χ1n) is 7.34. The second kappa shape index (κ2) is 5.37. The Labute approximate surface area is 128 Å². The minimum Gasteiger partial charge on any atom is -0.481 e. The normalized spacial score (nSPS) is 17.4. The molecule has 0 aliphatic heterocycles. The Kier molecular flexibility index (Phi) is 3.69. The Morgan fingerprint density at radius 3 is 2.81 bits per heavy atom. The molecule has 3 rings (SSSR count). The van der Waals surface area contributed by atoms with E-state index in [4.69, 9.17) is 10.1 Å². The molecule has 112 valence electrons. The predicted molar refractivity (Wildman–Crippen MR) is 84.9 cm³/mol. The average Bonchev–Trinajstić information content (AvgIpc) is 3.00. The largest absolute Gasteiger partial charge is 0.481 e. The summed E-state index contributed by atoms with van der Waals surface area (Å²) < 4.78 is 2.28. The second-order valence-electron chi connectivity index (χ2n) is 6.11. The smallest absolute Gasteiger partial charge is 0.313 e. The van der Waals surface area contributed by atoms with Crippen LogP contribution in [0.1, 0.15) is 38.2 Å². The van der Waals surface area contributed by atoms with Crippen molar-refractivity contribution in [3.8, 4) is 0 Å². The van der Waals surface area contributed by atoms with Crippen LogP contribution in [0.15, 0.2) is 23.4 Å². The quantitative estimate of drug-likeness (QED) is 0.873. The maximum atomic E-state index is 10.9. The van der Waals surface area contributed by atoms with E-state index in [2.05, 4.69) is 36.6 Å². The fourth-order valence-corrected chi connectivity index (χ4v) is 4.14. The van der Waals surface area contributed by atoms with E-state index in [9.17, 15) is 4.79 Å². The van der Waals surface area contributed by atoms with Crippen molar-refractivity contribution in [1.82, 2.24) is 9.55 Å². The number of nitrogens with zero attached hydrogens (tertiary/aromatic N) is 2. The monoisotopic (exact) mass is 304 g/mol. The number of carboxylic acid groups (broad SMARTS) is 1. The first-order valence-corrected chi connectivity index (χ1v) is 8.32. The molecule has 1 N–H and O–H groups in total. The summed E-state index contributed by atoms with van der Waals surface area (Å²) in [7, 11) is 0. The van der Waals surface area contributed by atoms with Gasteiger partial charge in [-0.3, -0.25) is 4.79 Å². The summed E-state index contributed by atoms with van der Waals surface area (Å²) in [4.78, 5) is 15.6. The molecular formula is C16H20N2O2S. The van der Waals surface area contributed by atoms with E-state index in [1.807, 2.05) is 0 Å². The van der Waals surface area contributed by atoms with Gasteiger partial charge in [0.25, 0.3) is 0 Å². The molecule has 1 aromatic heterocycles. The molecule has 2 aromatic rings. The van der Waals surface area contributed by atoms with Gasteiger partial charge < -0.3 is 9.67 Å². The summed E-state index contributed by atoms with van der Waals surface area (Å²) in [5.74, 6) is -0.746. The van der Waals surface area contributed by atoms with Crippen LogP contribution >= 0.6 is 11.8 Å². The molecule has 0 saturated heterocycles. The molecule has 0 radical (unpaired) electrons. The predicted octanol–water partition coefficient (Wildman–Crippen LogP) is 3.81. The highest BCUT2D eigenvalue weighted by Crippen LogP contribution is 2.41. The van der Waals surface area contributed by atoms with Crippen molar-refractivity contribution >= 4 is 28.8 Å². The molecule has 1 heterocycles. The van der Waals surface area contributed by atoms with Crippen LogP contribution in [0.2, 0.25) is 0 Å². The van der Waals surface area contributed by atoms with Crippen LogP contribution in [0.4, 0.5) is 0 Å². The van der Waals surface area contributed by atoms with Gasteiger partial charge in [0.1, 0.15) is 0 Å². The number of thioether (sulfide) groups is 1. The number of aliphatic carboxylic acids is 1. The molecule has 1 aliphatic rings. The van der Waals surface area contributed by atoms with Gasteiger partial charge in [0.15, 0.2) is 5.16 Å². The number of rotatable bonds is 4. The zero-order valence-corrected chi connectivity index (χ0v) is 13.2. The third kappa shape index (κ3) is 2.67. The maximum Gasteiger partial charge on any atom is 0.313 e. The highest BCUT2D eigenvalue weighted by atomic mass is 32.2. The Morgan fingerprint density at radius 2 is 2.14 bits per heavy atom. The van der Waals surface area contributed by atoms with Crippen molar-refractivity contribution in [2.75, 3.05) is 5.75 Å². The highest BCUT2D eigenvalue weighted by molar-refractivity contribution is 7.99. The van der Waals surface area contributed by atoms with E-state index >= 15 is 0 Å². The minimum atomic E-state index is -0.800. The molecule has 0 atom stereocenters. The van der Waals surface area contributed by atoms with E-state index in [1.54, 1.807) is 0 Å². The molecule has 0 spiro atoms. The molecule has 0 amide bonds. The van der Waals surface area contributed by atoms with E-state index in [1.165, 1.54) is 30.2 Å². The number of hydrogen-bond donors (Lipinski definition) is 1. The Bertz CT molecular complexity index is 687. The van der Waals surface area contributed by atoms with Gasteiger partial charge in [0.05, 0.1) is 16.8 Å². The van der Waals surface area contributed by atoms with Crippen LogP contribution in [0.5, 0.6) is 0 Å². The molecule has 1 fully saturated rings. The number of carbonyl (C=O) groups is 1. The van der Waals surface area contributed by atoms with E-state index in [-0.39, 0.29) is 11.3 Å².